The Morgan fingerprint density at radius 2 is 1.68 bits per heavy atom. The summed E-state index contributed by atoms with van der Waals surface area (Å²) in [7, 11) is 0. The van der Waals surface area contributed by atoms with E-state index in [1.165, 1.54) is 5.56 Å². The molecule has 4 rings (SSSR count). The molecular formula is C21H20N4. The minimum absolute atomic E-state index is 0.149. The van der Waals surface area contributed by atoms with Crippen molar-refractivity contribution < 1.29 is 0 Å². The van der Waals surface area contributed by atoms with Gasteiger partial charge in [0.25, 0.3) is 0 Å². The van der Waals surface area contributed by atoms with E-state index < -0.39 is 0 Å². The third-order valence-electron chi connectivity index (χ3n) is 4.43. The van der Waals surface area contributed by atoms with Gasteiger partial charge >= 0.3 is 0 Å². The number of hydrogen-bond acceptors (Lipinski definition) is 3. The third kappa shape index (κ3) is 3.03. The molecule has 2 aromatic heterocycles. The smallest absolute Gasteiger partial charge is 0.113 e. The van der Waals surface area contributed by atoms with Crippen LogP contribution in [0.25, 0.3) is 27.7 Å². The highest BCUT2D eigenvalue weighted by atomic mass is 15.4. The summed E-state index contributed by atoms with van der Waals surface area (Å²) >= 11 is 0. The molecule has 0 radical (unpaired) electrons. The Morgan fingerprint density at radius 1 is 0.880 bits per heavy atom. The summed E-state index contributed by atoms with van der Waals surface area (Å²) in [4.78, 5) is 4.15. The Bertz CT molecular complexity index is 1020. The van der Waals surface area contributed by atoms with E-state index in [0.29, 0.717) is 0 Å². The summed E-state index contributed by atoms with van der Waals surface area (Å²) in [6.45, 7) is 6.65. The van der Waals surface area contributed by atoms with Crippen molar-refractivity contribution in [3.8, 4) is 16.9 Å². The summed E-state index contributed by atoms with van der Waals surface area (Å²) in [5.74, 6) is 0. The Labute approximate surface area is 147 Å². The second kappa shape index (κ2) is 5.81. The maximum Gasteiger partial charge on any atom is 0.113 e. The largest absolute Gasteiger partial charge is 0.264 e. The van der Waals surface area contributed by atoms with E-state index in [0.717, 1.165) is 27.7 Å². The van der Waals surface area contributed by atoms with Gasteiger partial charge in [-0.25, -0.2) is 4.68 Å². The Balaban J connectivity index is 1.67. The molecule has 4 nitrogen and oxygen atoms in total. The second-order valence-corrected chi connectivity index (χ2v) is 7.28. The first kappa shape index (κ1) is 15.5. The van der Waals surface area contributed by atoms with Crippen molar-refractivity contribution in [3.05, 3.63) is 72.7 Å². The maximum absolute atomic E-state index is 4.34. The zero-order valence-corrected chi connectivity index (χ0v) is 14.6. The number of aromatic nitrogens is 4. The van der Waals surface area contributed by atoms with Gasteiger partial charge in [-0.15, -0.1) is 5.10 Å². The van der Waals surface area contributed by atoms with Crippen LogP contribution in [0.3, 0.4) is 0 Å². The molecule has 0 aliphatic carbocycles. The first-order valence-corrected chi connectivity index (χ1v) is 8.38. The molecule has 25 heavy (non-hydrogen) atoms. The van der Waals surface area contributed by atoms with Crippen molar-refractivity contribution in [2.75, 3.05) is 0 Å². The number of pyridine rings is 1. The van der Waals surface area contributed by atoms with Gasteiger partial charge in [-0.05, 0) is 34.6 Å². The maximum atomic E-state index is 4.34. The van der Waals surface area contributed by atoms with Gasteiger partial charge in [-0.2, -0.15) is 0 Å². The normalized spacial score (nSPS) is 11.8. The monoisotopic (exact) mass is 328 g/mol. The summed E-state index contributed by atoms with van der Waals surface area (Å²) < 4.78 is 1.81. The molecule has 4 heteroatoms. The van der Waals surface area contributed by atoms with Crippen LogP contribution in [0.1, 0.15) is 26.3 Å². The van der Waals surface area contributed by atoms with Crippen LogP contribution in [0, 0.1) is 0 Å². The van der Waals surface area contributed by atoms with E-state index in [-0.39, 0.29) is 5.41 Å². The summed E-state index contributed by atoms with van der Waals surface area (Å²) in [6, 6.07) is 16.7. The van der Waals surface area contributed by atoms with Crippen molar-refractivity contribution in [2.45, 2.75) is 26.2 Å². The van der Waals surface area contributed by atoms with Crippen molar-refractivity contribution >= 4 is 10.8 Å². The molecule has 0 bridgehead atoms. The van der Waals surface area contributed by atoms with Gasteiger partial charge in [0.15, 0.2) is 0 Å². The van der Waals surface area contributed by atoms with E-state index in [1.807, 2.05) is 29.2 Å². The molecule has 0 amide bonds. The number of nitrogens with zero attached hydrogens (tertiary/aromatic N) is 4. The highest BCUT2D eigenvalue weighted by molar-refractivity contribution is 5.83. The second-order valence-electron chi connectivity index (χ2n) is 7.28. The lowest BCUT2D eigenvalue weighted by molar-refractivity contribution is 0.590. The van der Waals surface area contributed by atoms with Crippen LogP contribution >= 0.6 is 0 Å². The standard InChI is InChI=1S/C21H20N4/c1-21(2,3)18-7-4-15(5-8-18)20-14-25(24-23-20)19-9-6-17-13-22-11-10-16(17)12-19/h4-14H,1-3H3. The fourth-order valence-electron chi connectivity index (χ4n) is 2.88. The van der Waals surface area contributed by atoms with E-state index in [4.69, 9.17) is 0 Å². The molecule has 0 spiro atoms. The lowest BCUT2D eigenvalue weighted by Crippen LogP contribution is -2.10. The minimum atomic E-state index is 0.149. The molecule has 0 saturated carbocycles. The molecule has 0 N–H and O–H groups in total. The zero-order valence-electron chi connectivity index (χ0n) is 14.6. The quantitative estimate of drug-likeness (QED) is 0.532. The predicted octanol–water partition coefficient (Wildman–Crippen LogP) is 4.78. The van der Waals surface area contributed by atoms with Crippen LogP contribution in [0.2, 0.25) is 0 Å². The number of hydrogen-bond donors (Lipinski definition) is 0. The van der Waals surface area contributed by atoms with Crippen molar-refractivity contribution in [2.24, 2.45) is 0 Å². The molecule has 0 saturated heterocycles. The lowest BCUT2D eigenvalue weighted by atomic mass is 9.86. The third-order valence-corrected chi connectivity index (χ3v) is 4.43. The van der Waals surface area contributed by atoms with E-state index in [9.17, 15) is 0 Å². The van der Waals surface area contributed by atoms with Crippen LogP contribution in [-0.2, 0) is 5.41 Å². The molecule has 4 aromatic rings. The molecule has 0 unspecified atom stereocenters. The molecule has 0 aliphatic rings. The first-order valence-electron chi connectivity index (χ1n) is 8.38. The van der Waals surface area contributed by atoms with Gasteiger partial charge in [0, 0.05) is 23.3 Å². The van der Waals surface area contributed by atoms with Crippen LogP contribution in [0.4, 0.5) is 0 Å². The number of benzene rings is 2. The van der Waals surface area contributed by atoms with Gasteiger partial charge in [0.05, 0.1) is 11.9 Å². The minimum Gasteiger partial charge on any atom is -0.264 e. The first-order chi connectivity index (χ1) is 12.0. The van der Waals surface area contributed by atoms with Crippen LogP contribution in [0.15, 0.2) is 67.1 Å². The predicted molar refractivity (Wildman–Crippen MR) is 101 cm³/mol. The van der Waals surface area contributed by atoms with E-state index in [1.54, 1.807) is 6.20 Å². The molecule has 2 aromatic carbocycles. The van der Waals surface area contributed by atoms with E-state index >= 15 is 0 Å². The van der Waals surface area contributed by atoms with Gasteiger partial charge in [-0.1, -0.05) is 56.3 Å². The van der Waals surface area contributed by atoms with Gasteiger partial charge in [-0.3, -0.25) is 4.98 Å². The van der Waals surface area contributed by atoms with Crippen LogP contribution < -0.4 is 0 Å². The van der Waals surface area contributed by atoms with Crippen molar-refractivity contribution in [3.63, 3.8) is 0 Å². The fraction of sp³-hybridized carbons (Fsp3) is 0.190. The molecule has 0 fully saturated rings. The molecule has 0 aliphatic heterocycles. The van der Waals surface area contributed by atoms with Gasteiger partial charge in [0.1, 0.15) is 5.69 Å². The Kier molecular flexibility index (Phi) is 3.61. The number of fused-ring (bicyclic) bond motifs is 1. The SMILES string of the molecule is CC(C)(C)c1ccc(-c2cn(-c3ccc4cnccc4c3)nn2)cc1. The van der Waals surface area contributed by atoms with Gasteiger partial charge < -0.3 is 0 Å². The van der Waals surface area contributed by atoms with Crippen LogP contribution in [-0.4, -0.2) is 20.0 Å². The highest BCUT2D eigenvalue weighted by Crippen LogP contribution is 2.25. The average molecular weight is 328 g/mol. The van der Waals surface area contributed by atoms with Crippen molar-refractivity contribution in [1.29, 1.82) is 0 Å². The number of rotatable bonds is 2. The highest BCUT2D eigenvalue weighted by Gasteiger charge is 2.14. The molecule has 2 heterocycles. The Morgan fingerprint density at radius 3 is 2.44 bits per heavy atom. The topological polar surface area (TPSA) is 43.6 Å². The zero-order chi connectivity index (χ0) is 17.4. The van der Waals surface area contributed by atoms with Crippen molar-refractivity contribution in [1.82, 2.24) is 20.0 Å². The van der Waals surface area contributed by atoms with Crippen LogP contribution in [0.5, 0.6) is 0 Å². The summed E-state index contributed by atoms with van der Waals surface area (Å²) in [5.41, 5.74) is 4.39. The Hall–Kier alpha value is -3.01. The molecular weight excluding hydrogens is 308 g/mol. The lowest BCUT2D eigenvalue weighted by Gasteiger charge is -2.18. The average Bonchev–Trinajstić information content (AvgIpc) is 3.11. The molecule has 124 valence electrons. The van der Waals surface area contributed by atoms with Gasteiger partial charge in [0.2, 0.25) is 0 Å². The summed E-state index contributed by atoms with van der Waals surface area (Å²) in [5, 5.41) is 10.9. The fourth-order valence-corrected chi connectivity index (χ4v) is 2.88. The summed E-state index contributed by atoms with van der Waals surface area (Å²) in [6.07, 6.45) is 5.63. The van der Waals surface area contributed by atoms with E-state index in [2.05, 4.69) is 72.5 Å². The molecule has 0 atom stereocenters.